The fourth-order valence-electron chi connectivity index (χ4n) is 2.27. The van der Waals surface area contributed by atoms with Crippen molar-refractivity contribution < 1.29 is 14.3 Å². The molecule has 0 bridgehead atoms. The predicted octanol–water partition coefficient (Wildman–Crippen LogP) is 0.278. The average Bonchev–Trinajstić information content (AvgIpc) is 2.46. The molecule has 20 heavy (non-hydrogen) atoms. The van der Waals surface area contributed by atoms with Gasteiger partial charge >= 0.3 is 0 Å². The van der Waals surface area contributed by atoms with Crippen LogP contribution in [0.2, 0.25) is 0 Å². The first-order valence-corrected chi connectivity index (χ1v) is 7.48. The number of nitrogens with two attached hydrogens (primary N) is 1. The summed E-state index contributed by atoms with van der Waals surface area (Å²) in [6.07, 6.45) is 3.80. The molecule has 2 amide bonds. The van der Waals surface area contributed by atoms with Gasteiger partial charge in [-0.2, -0.15) is 4.73 Å². The van der Waals surface area contributed by atoms with E-state index in [-0.39, 0.29) is 11.7 Å². The van der Waals surface area contributed by atoms with Gasteiger partial charge in [0.2, 0.25) is 11.8 Å². The van der Waals surface area contributed by atoms with Gasteiger partial charge in [0.05, 0.1) is 5.75 Å². The first kappa shape index (κ1) is 14.6. The van der Waals surface area contributed by atoms with E-state index >= 15 is 0 Å². The molecule has 1 aromatic rings. The standard InChI is InChI=1S/C13H17N3O3S/c14-13(18)10-5-1-3-7-15(10)11(17)9-20-12-6-2-4-8-16(12)19/h2,4,6,8,10H,1,3,5,7,9H2,(H2,14,18)/t10-/m1/s1. The first-order chi connectivity index (χ1) is 9.59. The van der Waals surface area contributed by atoms with Gasteiger partial charge in [0.15, 0.2) is 6.20 Å². The van der Waals surface area contributed by atoms with Crippen molar-refractivity contribution in [3.63, 3.8) is 0 Å². The molecule has 7 heteroatoms. The normalized spacial score (nSPS) is 18.8. The van der Waals surface area contributed by atoms with Gasteiger partial charge in [-0.25, -0.2) is 0 Å². The number of thioether (sulfide) groups is 1. The minimum Gasteiger partial charge on any atom is -0.618 e. The lowest BCUT2D eigenvalue weighted by Gasteiger charge is -2.33. The summed E-state index contributed by atoms with van der Waals surface area (Å²) in [7, 11) is 0. The number of likely N-dealkylation sites (tertiary alicyclic amines) is 1. The molecule has 1 fully saturated rings. The van der Waals surface area contributed by atoms with Gasteiger partial charge in [-0.05, 0) is 37.1 Å². The number of amides is 2. The fourth-order valence-corrected chi connectivity index (χ4v) is 3.07. The maximum Gasteiger partial charge on any atom is 0.251 e. The molecule has 0 aromatic carbocycles. The van der Waals surface area contributed by atoms with Crippen molar-refractivity contribution in [1.82, 2.24) is 4.90 Å². The molecule has 1 aromatic heterocycles. The number of primary amides is 1. The number of carbonyl (C=O) groups excluding carboxylic acids is 2. The van der Waals surface area contributed by atoms with Gasteiger partial charge in [-0.3, -0.25) is 9.59 Å². The topological polar surface area (TPSA) is 90.3 Å². The lowest BCUT2D eigenvalue weighted by Crippen LogP contribution is -2.51. The lowest BCUT2D eigenvalue weighted by atomic mass is 10.0. The summed E-state index contributed by atoms with van der Waals surface area (Å²) in [5.41, 5.74) is 5.33. The molecular weight excluding hydrogens is 278 g/mol. The number of aromatic nitrogens is 1. The number of hydrogen-bond acceptors (Lipinski definition) is 4. The number of carbonyl (C=O) groups is 2. The Morgan fingerprint density at radius 2 is 2.25 bits per heavy atom. The number of piperidine rings is 1. The van der Waals surface area contributed by atoms with Crippen LogP contribution in [0.5, 0.6) is 0 Å². The summed E-state index contributed by atoms with van der Waals surface area (Å²) in [5, 5.41) is 11.9. The number of rotatable bonds is 4. The monoisotopic (exact) mass is 295 g/mol. The second kappa shape index (κ2) is 6.60. The molecule has 2 N–H and O–H groups in total. The Balaban J connectivity index is 1.97. The second-order valence-electron chi connectivity index (χ2n) is 4.65. The van der Waals surface area contributed by atoms with Gasteiger partial charge in [-0.1, -0.05) is 0 Å². The Morgan fingerprint density at radius 1 is 1.45 bits per heavy atom. The highest BCUT2D eigenvalue weighted by Crippen LogP contribution is 2.20. The van der Waals surface area contributed by atoms with E-state index in [0.717, 1.165) is 17.6 Å². The molecule has 0 unspecified atom stereocenters. The Labute approximate surface area is 121 Å². The molecule has 1 aliphatic heterocycles. The van der Waals surface area contributed by atoms with E-state index in [9.17, 15) is 14.8 Å². The van der Waals surface area contributed by atoms with Crippen LogP contribution < -0.4 is 10.5 Å². The SMILES string of the molecule is NC(=O)[C@H]1CCCCN1C(=O)CSc1cccc[n+]1[O-]. The van der Waals surface area contributed by atoms with Crippen LogP contribution in [-0.2, 0) is 9.59 Å². The second-order valence-corrected chi connectivity index (χ2v) is 5.65. The molecule has 2 rings (SSSR count). The third kappa shape index (κ3) is 3.41. The van der Waals surface area contributed by atoms with E-state index in [0.29, 0.717) is 18.0 Å². The molecule has 0 saturated carbocycles. The van der Waals surface area contributed by atoms with E-state index in [2.05, 4.69) is 0 Å². The van der Waals surface area contributed by atoms with E-state index < -0.39 is 11.9 Å². The van der Waals surface area contributed by atoms with Gasteiger partial charge in [0, 0.05) is 18.7 Å². The summed E-state index contributed by atoms with van der Waals surface area (Å²) in [6, 6.07) is 4.53. The van der Waals surface area contributed by atoms with Crippen molar-refractivity contribution in [2.75, 3.05) is 12.3 Å². The third-order valence-corrected chi connectivity index (χ3v) is 4.29. The van der Waals surface area contributed by atoms with Gasteiger partial charge in [0.1, 0.15) is 6.04 Å². The molecule has 0 radical (unpaired) electrons. The van der Waals surface area contributed by atoms with Crippen LogP contribution in [0, 0.1) is 5.21 Å². The minimum atomic E-state index is -0.507. The van der Waals surface area contributed by atoms with Crippen LogP contribution in [0.15, 0.2) is 29.4 Å². The van der Waals surface area contributed by atoms with E-state index in [1.54, 1.807) is 18.2 Å². The summed E-state index contributed by atoms with van der Waals surface area (Å²) < 4.78 is 0.722. The Hall–Kier alpha value is -1.76. The highest BCUT2D eigenvalue weighted by molar-refractivity contribution is 7.99. The predicted molar refractivity (Wildman–Crippen MR) is 74.7 cm³/mol. The molecule has 0 aliphatic carbocycles. The van der Waals surface area contributed by atoms with Crippen molar-refractivity contribution >= 4 is 23.6 Å². The molecule has 1 atom stereocenters. The molecule has 1 saturated heterocycles. The van der Waals surface area contributed by atoms with E-state index in [1.807, 2.05) is 0 Å². The Kier molecular flexibility index (Phi) is 4.84. The van der Waals surface area contributed by atoms with Crippen LogP contribution in [0.3, 0.4) is 0 Å². The van der Waals surface area contributed by atoms with Crippen LogP contribution in [0.4, 0.5) is 0 Å². The fraction of sp³-hybridized carbons (Fsp3) is 0.462. The van der Waals surface area contributed by atoms with E-state index in [4.69, 9.17) is 5.73 Å². The summed E-state index contributed by atoms with van der Waals surface area (Å²) in [6.45, 7) is 0.555. The number of pyridine rings is 1. The molecular formula is C13H17N3O3S. The zero-order valence-corrected chi connectivity index (χ0v) is 11.8. The zero-order chi connectivity index (χ0) is 14.5. The van der Waals surface area contributed by atoms with E-state index in [1.165, 1.54) is 22.9 Å². The van der Waals surface area contributed by atoms with Crippen LogP contribution >= 0.6 is 11.8 Å². The molecule has 108 valence electrons. The van der Waals surface area contributed by atoms with Crippen molar-refractivity contribution in [1.29, 1.82) is 0 Å². The number of hydrogen-bond donors (Lipinski definition) is 1. The van der Waals surface area contributed by atoms with Crippen LogP contribution in [0.1, 0.15) is 19.3 Å². The smallest absolute Gasteiger partial charge is 0.251 e. The van der Waals surface area contributed by atoms with Gasteiger partial charge in [-0.15, -0.1) is 0 Å². The Bertz CT molecular complexity index is 509. The molecule has 0 spiro atoms. The quantitative estimate of drug-likeness (QED) is 0.491. The maximum atomic E-state index is 12.2. The molecule has 6 nitrogen and oxygen atoms in total. The van der Waals surface area contributed by atoms with Gasteiger partial charge < -0.3 is 15.8 Å². The average molecular weight is 295 g/mol. The van der Waals surface area contributed by atoms with Crippen LogP contribution in [0.25, 0.3) is 0 Å². The van der Waals surface area contributed by atoms with Crippen molar-refractivity contribution in [3.05, 3.63) is 29.6 Å². The van der Waals surface area contributed by atoms with Crippen molar-refractivity contribution in [3.8, 4) is 0 Å². The summed E-state index contributed by atoms with van der Waals surface area (Å²) in [4.78, 5) is 25.1. The minimum absolute atomic E-state index is 0.135. The summed E-state index contributed by atoms with van der Waals surface area (Å²) >= 11 is 1.17. The summed E-state index contributed by atoms with van der Waals surface area (Å²) in [5.74, 6) is -0.472. The highest BCUT2D eigenvalue weighted by Gasteiger charge is 2.30. The Morgan fingerprint density at radius 3 is 2.95 bits per heavy atom. The highest BCUT2D eigenvalue weighted by atomic mass is 32.2. The zero-order valence-electron chi connectivity index (χ0n) is 11.0. The molecule has 1 aliphatic rings. The largest absolute Gasteiger partial charge is 0.618 e. The number of nitrogens with zero attached hydrogens (tertiary/aromatic N) is 2. The lowest BCUT2D eigenvalue weighted by molar-refractivity contribution is -0.645. The third-order valence-electron chi connectivity index (χ3n) is 3.28. The van der Waals surface area contributed by atoms with Gasteiger partial charge in [0.25, 0.3) is 5.03 Å². The maximum absolute atomic E-state index is 12.2. The van der Waals surface area contributed by atoms with Crippen molar-refractivity contribution in [2.24, 2.45) is 5.73 Å². The van der Waals surface area contributed by atoms with Crippen molar-refractivity contribution in [2.45, 2.75) is 30.3 Å². The molecule has 2 heterocycles. The van der Waals surface area contributed by atoms with Crippen LogP contribution in [-0.4, -0.2) is 35.1 Å². The first-order valence-electron chi connectivity index (χ1n) is 6.49.